The Balaban J connectivity index is 2.27. The van der Waals surface area contributed by atoms with Gasteiger partial charge in [0.2, 0.25) is 0 Å². The van der Waals surface area contributed by atoms with E-state index in [4.69, 9.17) is 5.84 Å². The summed E-state index contributed by atoms with van der Waals surface area (Å²) in [6, 6.07) is 5.79. The average Bonchev–Trinajstić information content (AvgIpc) is 2.97. The number of H-pyrrole nitrogens is 1. The zero-order chi connectivity index (χ0) is 11.0. The van der Waals surface area contributed by atoms with Gasteiger partial charge in [-0.3, -0.25) is 0 Å². The molecule has 0 bridgehead atoms. The molecule has 0 unspecified atom stereocenters. The molecule has 0 aliphatic carbocycles. The Morgan fingerprint density at radius 3 is 3.00 bits per heavy atom. The molecule has 3 aromatic heterocycles. The first-order valence-corrected chi connectivity index (χ1v) is 5.62. The summed E-state index contributed by atoms with van der Waals surface area (Å²) in [6.07, 6.45) is 1.84. The smallest absolute Gasteiger partial charge is 0.179 e. The van der Waals surface area contributed by atoms with Crippen LogP contribution in [0.4, 0.5) is 5.82 Å². The van der Waals surface area contributed by atoms with Crippen molar-refractivity contribution in [2.45, 2.75) is 0 Å². The standard InChI is InChI=1S/C10H9N5S/c11-15-8-6-3-5-16-10(6)14-9(13-8)7-2-1-4-12-7/h1-5,12H,11H2,(H,13,14,15). The highest BCUT2D eigenvalue weighted by Crippen LogP contribution is 2.27. The SMILES string of the molecule is NNc1nc(-c2ccc[nH]2)nc2sccc12. The van der Waals surface area contributed by atoms with E-state index in [0.29, 0.717) is 11.6 Å². The summed E-state index contributed by atoms with van der Waals surface area (Å²) in [6.45, 7) is 0. The summed E-state index contributed by atoms with van der Waals surface area (Å²) < 4.78 is 0. The van der Waals surface area contributed by atoms with E-state index in [2.05, 4.69) is 20.4 Å². The van der Waals surface area contributed by atoms with Crippen LogP contribution in [0.3, 0.4) is 0 Å². The molecule has 4 N–H and O–H groups in total. The number of hydrazine groups is 1. The molecular weight excluding hydrogens is 222 g/mol. The van der Waals surface area contributed by atoms with E-state index in [0.717, 1.165) is 15.9 Å². The highest BCUT2D eigenvalue weighted by Gasteiger charge is 2.09. The molecule has 0 atom stereocenters. The van der Waals surface area contributed by atoms with Crippen LogP contribution in [0.5, 0.6) is 0 Å². The van der Waals surface area contributed by atoms with Crippen molar-refractivity contribution in [2.24, 2.45) is 5.84 Å². The van der Waals surface area contributed by atoms with Crippen molar-refractivity contribution in [2.75, 3.05) is 5.43 Å². The van der Waals surface area contributed by atoms with E-state index >= 15 is 0 Å². The summed E-state index contributed by atoms with van der Waals surface area (Å²) in [7, 11) is 0. The second kappa shape index (κ2) is 3.58. The van der Waals surface area contributed by atoms with Crippen LogP contribution in [0.2, 0.25) is 0 Å². The average molecular weight is 231 g/mol. The van der Waals surface area contributed by atoms with Crippen LogP contribution in [0.25, 0.3) is 21.7 Å². The second-order valence-corrected chi connectivity index (χ2v) is 4.16. The van der Waals surface area contributed by atoms with Crippen LogP contribution in [-0.4, -0.2) is 15.0 Å². The van der Waals surface area contributed by atoms with Crippen molar-refractivity contribution in [3.63, 3.8) is 0 Å². The molecule has 80 valence electrons. The number of aromatic amines is 1. The van der Waals surface area contributed by atoms with Gasteiger partial charge < -0.3 is 10.4 Å². The number of fused-ring (bicyclic) bond motifs is 1. The van der Waals surface area contributed by atoms with Gasteiger partial charge in [-0.2, -0.15) is 0 Å². The lowest BCUT2D eigenvalue weighted by atomic mass is 10.3. The fraction of sp³-hybridized carbons (Fsp3) is 0. The van der Waals surface area contributed by atoms with E-state index in [1.165, 1.54) is 0 Å². The van der Waals surface area contributed by atoms with E-state index < -0.39 is 0 Å². The quantitative estimate of drug-likeness (QED) is 0.465. The van der Waals surface area contributed by atoms with Gasteiger partial charge in [0.25, 0.3) is 0 Å². The number of rotatable bonds is 2. The van der Waals surface area contributed by atoms with Crippen molar-refractivity contribution in [1.29, 1.82) is 0 Å². The largest absolute Gasteiger partial charge is 0.359 e. The Bertz CT molecular complexity index is 613. The lowest BCUT2D eigenvalue weighted by Gasteiger charge is -2.03. The Morgan fingerprint density at radius 1 is 1.31 bits per heavy atom. The first kappa shape index (κ1) is 9.32. The first-order valence-electron chi connectivity index (χ1n) is 4.74. The number of aromatic nitrogens is 3. The molecular formula is C10H9N5S. The number of nitrogens with zero attached hydrogens (tertiary/aromatic N) is 2. The number of anilines is 1. The fourth-order valence-corrected chi connectivity index (χ4v) is 2.32. The molecule has 0 fully saturated rings. The van der Waals surface area contributed by atoms with Gasteiger partial charge in [0.1, 0.15) is 4.83 Å². The van der Waals surface area contributed by atoms with Gasteiger partial charge in [-0.25, -0.2) is 15.8 Å². The first-order chi connectivity index (χ1) is 7.88. The van der Waals surface area contributed by atoms with Crippen LogP contribution in [0, 0.1) is 0 Å². The molecule has 16 heavy (non-hydrogen) atoms. The zero-order valence-electron chi connectivity index (χ0n) is 8.27. The maximum Gasteiger partial charge on any atom is 0.179 e. The molecule has 0 saturated heterocycles. The van der Waals surface area contributed by atoms with E-state index in [-0.39, 0.29) is 0 Å². The summed E-state index contributed by atoms with van der Waals surface area (Å²) in [5.41, 5.74) is 3.48. The Kier molecular flexibility index (Phi) is 2.09. The van der Waals surface area contributed by atoms with Crippen molar-refractivity contribution in [3.8, 4) is 11.5 Å². The minimum atomic E-state index is 0.646. The van der Waals surface area contributed by atoms with Crippen LogP contribution in [-0.2, 0) is 0 Å². The van der Waals surface area contributed by atoms with Gasteiger partial charge in [-0.1, -0.05) is 0 Å². The number of hydrogen-bond donors (Lipinski definition) is 3. The summed E-state index contributed by atoms with van der Waals surface area (Å²) >= 11 is 1.57. The minimum Gasteiger partial charge on any atom is -0.359 e. The van der Waals surface area contributed by atoms with E-state index in [9.17, 15) is 0 Å². The van der Waals surface area contributed by atoms with Gasteiger partial charge in [-0.15, -0.1) is 11.3 Å². The summed E-state index contributed by atoms with van der Waals surface area (Å²) in [5, 5.41) is 2.92. The number of nitrogen functional groups attached to an aromatic ring is 1. The number of hydrogen-bond acceptors (Lipinski definition) is 5. The molecule has 3 aromatic rings. The Labute approximate surface area is 95.3 Å². The third-order valence-electron chi connectivity index (χ3n) is 2.30. The van der Waals surface area contributed by atoms with Crippen LogP contribution in [0.1, 0.15) is 0 Å². The Morgan fingerprint density at radius 2 is 2.25 bits per heavy atom. The number of nitrogens with one attached hydrogen (secondary N) is 2. The molecule has 0 radical (unpaired) electrons. The predicted octanol–water partition coefficient (Wildman–Crippen LogP) is 1.97. The number of nitrogens with two attached hydrogens (primary N) is 1. The van der Waals surface area contributed by atoms with Crippen molar-refractivity contribution in [1.82, 2.24) is 15.0 Å². The van der Waals surface area contributed by atoms with E-state index in [1.54, 1.807) is 11.3 Å². The molecule has 0 aliphatic rings. The highest BCUT2D eigenvalue weighted by molar-refractivity contribution is 7.16. The van der Waals surface area contributed by atoms with Gasteiger partial charge in [0, 0.05) is 6.20 Å². The second-order valence-electron chi connectivity index (χ2n) is 3.26. The topological polar surface area (TPSA) is 79.6 Å². The Hall–Kier alpha value is -1.92. The zero-order valence-corrected chi connectivity index (χ0v) is 9.08. The predicted molar refractivity (Wildman–Crippen MR) is 65.0 cm³/mol. The lowest BCUT2D eigenvalue weighted by Crippen LogP contribution is -2.09. The molecule has 0 saturated carbocycles. The van der Waals surface area contributed by atoms with Gasteiger partial charge in [-0.05, 0) is 23.6 Å². The fourth-order valence-electron chi connectivity index (χ4n) is 1.56. The minimum absolute atomic E-state index is 0.646. The van der Waals surface area contributed by atoms with Gasteiger partial charge in [0.15, 0.2) is 11.6 Å². The van der Waals surface area contributed by atoms with Crippen LogP contribution < -0.4 is 11.3 Å². The normalized spacial score (nSPS) is 10.8. The molecule has 0 amide bonds. The third-order valence-corrected chi connectivity index (χ3v) is 3.11. The van der Waals surface area contributed by atoms with Crippen molar-refractivity contribution < 1.29 is 0 Å². The molecule has 5 nitrogen and oxygen atoms in total. The van der Waals surface area contributed by atoms with Crippen LogP contribution in [0.15, 0.2) is 29.8 Å². The maximum absolute atomic E-state index is 5.45. The molecule has 3 heterocycles. The van der Waals surface area contributed by atoms with E-state index in [1.807, 2.05) is 29.8 Å². The summed E-state index contributed by atoms with van der Waals surface area (Å²) in [5.74, 6) is 6.75. The van der Waals surface area contributed by atoms with Gasteiger partial charge in [0.05, 0.1) is 11.1 Å². The molecule has 6 heteroatoms. The highest BCUT2D eigenvalue weighted by atomic mass is 32.1. The summed E-state index contributed by atoms with van der Waals surface area (Å²) in [4.78, 5) is 12.8. The van der Waals surface area contributed by atoms with Crippen molar-refractivity contribution in [3.05, 3.63) is 29.8 Å². The van der Waals surface area contributed by atoms with Gasteiger partial charge >= 0.3 is 0 Å². The monoisotopic (exact) mass is 231 g/mol. The molecule has 3 rings (SSSR count). The van der Waals surface area contributed by atoms with Crippen molar-refractivity contribution >= 4 is 27.4 Å². The molecule has 0 aromatic carbocycles. The molecule has 0 aliphatic heterocycles. The maximum atomic E-state index is 5.45. The van der Waals surface area contributed by atoms with Crippen LogP contribution >= 0.6 is 11.3 Å². The third kappa shape index (κ3) is 1.36. The lowest BCUT2D eigenvalue weighted by molar-refractivity contribution is 1.17. The number of thiophene rings is 1. The molecule has 0 spiro atoms.